The van der Waals surface area contributed by atoms with Crippen LogP contribution in [-0.4, -0.2) is 4.98 Å². The van der Waals surface area contributed by atoms with Gasteiger partial charge in [-0.3, -0.25) is 0 Å². The first-order valence-corrected chi connectivity index (χ1v) is 6.53. The largest absolute Gasteiger partial charge is 0.486 e. The van der Waals surface area contributed by atoms with Gasteiger partial charge in [-0.25, -0.2) is 4.98 Å². The van der Waals surface area contributed by atoms with E-state index in [1.165, 1.54) is 0 Å². The molecule has 0 spiro atoms. The summed E-state index contributed by atoms with van der Waals surface area (Å²) in [5.74, 6) is 1.52. The summed E-state index contributed by atoms with van der Waals surface area (Å²) in [4.78, 5) is 5.39. The van der Waals surface area contributed by atoms with Crippen LogP contribution in [0.25, 0.3) is 0 Å². The maximum atomic E-state index is 5.78. The Morgan fingerprint density at radius 2 is 2.06 bits per heavy atom. The summed E-state index contributed by atoms with van der Waals surface area (Å²) < 4.78 is 5.57. The van der Waals surface area contributed by atoms with Crippen molar-refractivity contribution in [1.29, 1.82) is 0 Å². The number of thiazole rings is 1. The second-order valence-corrected chi connectivity index (χ2v) is 5.07. The summed E-state index contributed by atoms with van der Waals surface area (Å²) in [7, 11) is 0. The van der Waals surface area contributed by atoms with Crippen molar-refractivity contribution < 1.29 is 4.74 Å². The van der Waals surface area contributed by atoms with Gasteiger partial charge < -0.3 is 4.74 Å². The lowest BCUT2D eigenvalue weighted by molar-refractivity contribution is 0.305. The SMILES string of the molecule is SCc1cnc(COc2ccc(Cl)cc2)s1. The smallest absolute Gasteiger partial charge is 0.140 e. The Hall–Kier alpha value is -0.710. The minimum atomic E-state index is 0.486. The highest BCUT2D eigenvalue weighted by Gasteiger charge is 2.01. The molecular formula is C11H10ClNOS2. The number of hydrogen-bond donors (Lipinski definition) is 1. The molecule has 1 aromatic heterocycles. The molecule has 5 heteroatoms. The number of rotatable bonds is 4. The third kappa shape index (κ3) is 3.14. The monoisotopic (exact) mass is 271 g/mol. The van der Waals surface area contributed by atoms with Gasteiger partial charge in [0.05, 0.1) is 0 Å². The molecule has 0 bridgehead atoms. The Morgan fingerprint density at radius 3 is 2.69 bits per heavy atom. The standard InChI is InChI=1S/C11H10ClNOS2/c12-8-1-3-9(4-2-8)14-6-11-13-5-10(7-15)16-11/h1-5,15H,6-7H2. The summed E-state index contributed by atoms with van der Waals surface area (Å²) in [6.07, 6.45) is 1.83. The Bertz CT molecular complexity index is 455. The Kier molecular flexibility index (Phi) is 4.09. The zero-order valence-electron chi connectivity index (χ0n) is 8.39. The molecule has 2 aromatic rings. The van der Waals surface area contributed by atoms with Crippen LogP contribution in [0.4, 0.5) is 0 Å². The molecule has 0 saturated carbocycles. The van der Waals surface area contributed by atoms with Crippen LogP contribution in [-0.2, 0) is 12.4 Å². The fraction of sp³-hybridized carbons (Fsp3) is 0.182. The first-order chi connectivity index (χ1) is 7.78. The normalized spacial score (nSPS) is 10.4. The van der Waals surface area contributed by atoms with Crippen molar-refractivity contribution in [3.63, 3.8) is 0 Å². The molecule has 2 rings (SSSR count). The minimum absolute atomic E-state index is 0.486. The van der Waals surface area contributed by atoms with Gasteiger partial charge in [-0.05, 0) is 24.3 Å². The quantitative estimate of drug-likeness (QED) is 0.855. The van der Waals surface area contributed by atoms with Crippen LogP contribution in [0, 0.1) is 0 Å². The molecule has 0 amide bonds. The molecule has 1 heterocycles. The summed E-state index contributed by atoms with van der Waals surface area (Å²) in [5, 5.41) is 1.66. The number of hydrogen-bond acceptors (Lipinski definition) is 4. The highest BCUT2D eigenvalue weighted by atomic mass is 35.5. The van der Waals surface area contributed by atoms with Gasteiger partial charge >= 0.3 is 0 Å². The van der Waals surface area contributed by atoms with Crippen LogP contribution in [0.5, 0.6) is 5.75 Å². The van der Waals surface area contributed by atoms with Gasteiger partial charge in [-0.1, -0.05) is 11.6 Å². The molecule has 0 unspecified atom stereocenters. The number of aromatic nitrogens is 1. The van der Waals surface area contributed by atoms with Crippen LogP contribution in [0.1, 0.15) is 9.88 Å². The molecule has 0 N–H and O–H groups in total. The summed E-state index contributed by atoms with van der Waals surface area (Å²) >= 11 is 11.6. The fourth-order valence-corrected chi connectivity index (χ4v) is 2.26. The van der Waals surface area contributed by atoms with Crippen molar-refractivity contribution in [2.75, 3.05) is 0 Å². The molecule has 0 saturated heterocycles. The van der Waals surface area contributed by atoms with Crippen molar-refractivity contribution in [2.45, 2.75) is 12.4 Å². The van der Waals surface area contributed by atoms with E-state index in [-0.39, 0.29) is 0 Å². The summed E-state index contributed by atoms with van der Waals surface area (Å²) in [5.41, 5.74) is 0. The molecule has 0 aliphatic heterocycles. The van der Waals surface area contributed by atoms with Crippen LogP contribution in [0.15, 0.2) is 30.5 Å². The number of nitrogens with zero attached hydrogens (tertiary/aromatic N) is 1. The van der Waals surface area contributed by atoms with E-state index in [4.69, 9.17) is 16.3 Å². The van der Waals surface area contributed by atoms with Gasteiger partial charge in [0.1, 0.15) is 17.4 Å². The van der Waals surface area contributed by atoms with Crippen LogP contribution in [0.2, 0.25) is 5.02 Å². The van der Waals surface area contributed by atoms with E-state index in [0.29, 0.717) is 11.6 Å². The Labute approximate surface area is 109 Å². The highest BCUT2D eigenvalue weighted by Crippen LogP contribution is 2.19. The van der Waals surface area contributed by atoms with Crippen molar-refractivity contribution in [1.82, 2.24) is 4.98 Å². The Balaban J connectivity index is 1.94. The van der Waals surface area contributed by atoms with E-state index in [1.54, 1.807) is 23.5 Å². The van der Waals surface area contributed by atoms with E-state index in [2.05, 4.69) is 17.6 Å². The van der Waals surface area contributed by atoms with E-state index >= 15 is 0 Å². The van der Waals surface area contributed by atoms with Gasteiger partial charge in [-0.15, -0.1) is 11.3 Å². The third-order valence-corrected chi connectivity index (χ3v) is 3.71. The van der Waals surface area contributed by atoms with E-state index in [0.717, 1.165) is 21.4 Å². The molecule has 0 radical (unpaired) electrons. The van der Waals surface area contributed by atoms with Gasteiger partial charge in [0.25, 0.3) is 0 Å². The van der Waals surface area contributed by atoms with Crippen molar-refractivity contribution in [3.8, 4) is 5.75 Å². The third-order valence-electron chi connectivity index (χ3n) is 1.93. The highest BCUT2D eigenvalue weighted by molar-refractivity contribution is 7.79. The molecule has 1 aromatic carbocycles. The average molecular weight is 272 g/mol. The second kappa shape index (κ2) is 5.57. The fourth-order valence-electron chi connectivity index (χ4n) is 1.16. The molecule has 0 aliphatic rings. The molecule has 0 atom stereocenters. The lowest BCUT2D eigenvalue weighted by Gasteiger charge is -2.03. The van der Waals surface area contributed by atoms with Crippen LogP contribution in [0.3, 0.4) is 0 Å². The van der Waals surface area contributed by atoms with Crippen LogP contribution < -0.4 is 4.74 Å². The first-order valence-electron chi connectivity index (χ1n) is 4.71. The zero-order valence-corrected chi connectivity index (χ0v) is 10.9. The number of thiol groups is 1. The van der Waals surface area contributed by atoms with Gasteiger partial charge in [-0.2, -0.15) is 12.6 Å². The van der Waals surface area contributed by atoms with Gasteiger partial charge in [0.15, 0.2) is 0 Å². The van der Waals surface area contributed by atoms with E-state index in [1.807, 2.05) is 18.3 Å². The predicted molar refractivity (Wildman–Crippen MR) is 70.6 cm³/mol. The minimum Gasteiger partial charge on any atom is -0.486 e. The summed E-state index contributed by atoms with van der Waals surface area (Å²) in [6.45, 7) is 0.486. The molecule has 84 valence electrons. The molecule has 16 heavy (non-hydrogen) atoms. The molecule has 0 aliphatic carbocycles. The number of halogens is 1. The van der Waals surface area contributed by atoms with Crippen molar-refractivity contribution >= 4 is 35.6 Å². The molecule has 0 fully saturated rings. The Morgan fingerprint density at radius 1 is 1.31 bits per heavy atom. The molecule has 2 nitrogen and oxygen atoms in total. The van der Waals surface area contributed by atoms with Crippen LogP contribution >= 0.6 is 35.6 Å². The van der Waals surface area contributed by atoms with E-state index in [9.17, 15) is 0 Å². The van der Waals surface area contributed by atoms with Crippen molar-refractivity contribution in [3.05, 3.63) is 45.4 Å². The number of ether oxygens (including phenoxy) is 1. The lowest BCUT2D eigenvalue weighted by Crippen LogP contribution is -1.93. The lowest BCUT2D eigenvalue weighted by atomic mass is 10.3. The predicted octanol–water partition coefficient (Wildman–Crippen LogP) is 3.81. The van der Waals surface area contributed by atoms with Crippen molar-refractivity contribution in [2.24, 2.45) is 0 Å². The van der Waals surface area contributed by atoms with E-state index < -0.39 is 0 Å². The maximum Gasteiger partial charge on any atom is 0.140 e. The maximum absolute atomic E-state index is 5.78. The summed E-state index contributed by atoms with van der Waals surface area (Å²) in [6, 6.07) is 7.29. The zero-order chi connectivity index (χ0) is 11.4. The van der Waals surface area contributed by atoms with Gasteiger partial charge in [0, 0.05) is 21.8 Å². The van der Waals surface area contributed by atoms with Gasteiger partial charge in [0.2, 0.25) is 0 Å². The number of benzene rings is 1. The first kappa shape index (κ1) is 11.8. The average Bonchev–Trinajstić information content (AvgIpc) is 2.76. The topological polar surface area (TPSA) is 22.1 Å². The second-order valence-electron chi connectivity index (χ2n) is 3.12. The molecular weight excluding hydrogens is 262 g/mol.